The van der Waals surface area contributed by atoms with Gasteiger partial charge in [-0.25, -0.2) is 0 Å². The summed E-state index contributed by atoms with van der Waals surface area (Å²) >= 11 is 24.9. The zero-order valence-electron chi connectivity index (χ0n) is 16.4. The van der Waals surface area contributed by atoms with E-state index in [1.807, 2.05) is 0 Å². The van der Waals surface area contributed by atoms with Crippen LogP contribution in [-0.2, 0) is 0 Å². The van der Waals surface area contributed by atoms with Gasteiger partial charge in [-0.3, -0.25) is 0 Å². The van der Waals surface area contributed by atoms with Gasteiger partial charge in [0.1, 0.15) is 28.3 Å². The molecule has 0 radical (unpaired) electrons. The normalized spacial score (nSPS) is 11.7. The molecule has 0 aliphatic carbocycles. The lowest BCUT2D eigenvalue weighted by Crippen LogP contribution is -2.40. The van der Waals surface area contributed by atoms with Crippen molar-refractivity contribution in [3.05, 3.63) is 57.0 Å². The Hall–Kier alpha value is -1.26. The Morgan fingerprint density at radius 3 is 2.09 bits per heavy atom. The highest BCUT2D eigenvalue weighted by atomic mass is 79.9. The Morgan fingerprint density at radius 2 is 1.48 bits per heavy atom. The molecule has 0 bridgehead atoms. The molecule has 0 aliphatic heterocycles. The van der Waals surface area contributed by atoms with Gasteiger partial charge >= 0.3 is 10.9 Å². The molecule has 2 aromatic rings. The van der Waals surface area contributed by atoms with Crippen molar-refractivity contribution in [3.8, 4) is 23.0 Å². The molecule has 0 fully saturated rings. The third-order valence-electron chi connectivity index (χ3n) is 3.64. The van der Waals surface area contributed by atoms with Crippen molar-refractivity contribution in [2.75, 3.05) is 19.8 Å². The van der Waals surface area contributed by atoms with E-state index in [4.69, 9.17) is 60.6 Å². The number of ether oxygens (including phenoxy) is 4. The van der Waals surface area contributed by atoms with Crippen molar-refractivity contribution in [1.82, 2.24) is 0 Å². The van der Waals surface area contributed by atoms with Crippen LogP contribution in [0.4, 0.5) is 17.6 Å². The van der Waals surface area contributed by atoms with Gasteiger partial charge in [0.2, 0.25) is 0 Å². The summed E-state index contributed by atoms with van der Waals surface area (Å²) in [5, 5.41) is 0.433. The lowest BCUT2D eigenvalue weighted by Gasteiger charge is -2.22. The minimum Gasteiger partial charge on any atom is -0.493 e. The third kappa shape index (κ3) is 9.13. The van der Waals surface area contributed by atoms with Crippen LogP contribution in [0.1, 0.15) is 6.42 Å². The van der Waals surface area contributed by atoms with E-state index in [2.05, 4.69) is 4.74 Å². The quantitative estimate of drug-likeness (QED) is 0.136. The zero-order valence-corrected chi connectivity index (χ0v) is 21.0. The van der Waals surface area contributed by atoms with E-state index in [9.17, 15) is 17.6 Å². The molecule has 0 saturated heterocycles. The van der Waals surface area contributed by atoms with Crippen LogP contribution in [0.25, 0.3) is 0 Å². The molecule has 0 N–H and O–H groups in total. The standard InChI is InChI=1S/C20H15BrCl4F4O4/c21-19(26,27)20(28,29)33-13-4-1-3-12(9-13)30-6-2-7-32-18-15(22)10-14(11-16(18)23)31-8-5-17(24)25/h1,3-5,9-11H,2,6-8H2. The first-order valence-corrected chi connectivity index (χ1v) is 11.3. The lowest BCUT2D eigenvalue weighted by atomic mass is 10.3. The van der Waals surface area contributed by atoms with Crippen molar-refractivity contribution in [3.63, 3.8) is 0 Å². The number of benzene rings is 2. The van der Waals surface area contributed by atoms with E-state index in [-0.39, 0.29) is 45.9 Å². The largest absolute Gasteiger partial charge is 0.493 e. The Labute approximate surface area is 215 Å². The van der Waals surface area contributed by atoms with Crippen LogP contribution >= 0.6 is 62.3 Å². The highest BCUT2D eigenvalue weighted by Gasteiger charge is 2.57. The van der Waals surface area contributed by atoms with Gasteiger partial charge in [0.15, 0.2) is 5.75 Å². The maximum atomic E-state index is 13.3. The van der Waals surface area contributed by atoms with Gasteiger partial charge in [0.25, 0.3) is 0 Å². The van der Waals surface area contributed by atoms with E-state index in [0.29, 0.717) is 12.2 Å². The molecule has 4 nitrogen and oxygen atoms in total. The van der Waals surface area contributed by atoms with Crippen LogP contribution in [0.2, 0.25) is 10.0 Å². The summed E-state index contributed by atoms with van der Waals surface area (Å²) in [7, 11) is 0. The SMILES string of the molecule is FC(F)(Br)C(F)(F)Oc1cccc(OCCCOc2c(Cl)cc(OCC=C(Cl)Cl)cc2Cl)c1. The van der Waals surface area contributed by atoms with Crippen molar-refractivity contribution in [2.45, 2.75) is 17.4 Å². The number of rotatable bonds is 12. The zero-order chi connectivity index (χ0) is 24.6. The summed E-state index contributed by atoms with van der Waals surface area (Å²) in [5.74, 6) is 0.282. The molecule has 0 aliphatic rings. The summed E-state index contributed by atoms with van der Waals surface area (Å²) < 4.78 is 72.8. The number of halogens is 9. The maximum Gasteiger partial charge on any atom is 0.475 e. The third-order valence-corrected chi connectivity index (χ3v) is 4.98. The summed E-state index contributed by atoms with van der Waals surface area (Å²) in [6.45, 7) is 0.402. The van der Waals surface area contributed by atoms with E-state index in [1.165, 1.54) is 30.3 Å². The molecule has 0 heterocycles. The van der Waals surface area contributed by atoms with E-state index in [1.54, 1.807) is 15.9 Å². The second-order valence-electron chi connectivity index (χ2n) is 6.16. The number of alkyl halides is 5. The van der Waals surface area contributed by atoms with Gasteiger partial charge in [-0.2, -0.15) is 17.6 Å². The molecule has 2 aromatic carbocycles. The predicted molar refractivity (Wildman–Crippen MR) is 123 cm³/mol. The van der Waals surface area contributed by atoms with Gasteiger partial charge in [0, 0.05) is 40.5 Å². The molecule has 0 unspecified atom stereocenters. The molecule has 182 valence electrons. The van der Waals surface area contributed by atoms with Crippen LogP contribution in [0.5, 0.6) is 23.0 Å². The summed E-state index contributed by atoms with van der Waals surface area (Å²) in [6.07, 6.45) is -2.93. The molecule has 13 heteroatoms. The fourth-order valence-corrected chi connectivity index (χ4v) is 3.00. The van der Waals surface area contributed by atoms with Gasteiger partial charge in [-0.05, 0) is 18.2 Å². The van der Waals surface area contributed by atoms with E-state index < -0.39 is 16.7 Å². The summed E-state index contributed by atoms with van der Waals surface area (Å²) in [5.41, 5.74) is 0. The molecule has 0 atom stereocenters. The van der Waals surface area contributed by atoms with Gasteiger partial charge in [-0.15, -0.1) is 0 Å². The van der Waals surface area contributed by atoms with Crippen LogP contribution < -0.4 is 18.9 Å². The molecular formula is C20H15BrCl4F4O4. The molecular weight excluding hydrogens is 602 g/mol. The topological polar surface area (TPSA) is 36.9 Å². The Bertz CT molecular complexity index is 946. The number of hydrogen-bond donors (Lipinski definition) is 0. The molecule has 0 amide bonds. The minimum atomic E-state index is -4.74. The van der Waals surface area contributed by atoms with Crippen LogP contribution in [0.15, 0.2) is 47.0 Å². The minimum absolute atomic E-state index is 0.0621. The molecule has 0 saturated carbocycles. The van der Waals surface area contributed by atoms with Crippen molar-refractivity contribution in [2.24, 2.45) is 0 Å². The smallest absolute Gasteiger partial charge is 0.475 e. The Morgan fingerprint density at radius 1 is 0.879 bits per heavy atom. The number of hydrogen-bond acceptors (Lipinski definition) is 4. The average molecular weight is 617 g/mol. The molecule has 33 heavy (non-hydrogen) atoms. The Balaban J connectivity index is 1.83. The van der Waals surface area contributed by atoms with Crippen LogP contribution in [0.3, 0.4) is 0 Å². The van der Waals surface area contributed by atoms with Crippen LogP contribution in [-0.4, -0.2) is 30.8 Å². The second kappa shape index (κ2) is 12.4. The summed E-state index contributed by atoms with van der Waals surface area (Å²) in [4.78, 5) is -4.53. The van der Waals surface area contributed by atoms with Gasteiger partial charge in [-0.1, -0.05) is 52.5 Å². The molecule has 2 rings (SSSR count). The van der Waals surface area contributed by atoms with Crippen molar-refractivity contribution >= 4 is 62.3 Å². The fraction of sp³-hybridized carbons (Fsp3) is 0.300. The highest BCUT2D eigenvalue weighted by molar-refractivity contribution is 9.10. The summed E-state index contributed by atoms with van der Waals surface area (Å²) in [6, 6.07) is 7.95. The van der Waals surface area contributed by atoms with Gasteiger partial charge in [0.05, 0.1) is 23.3 Å². The van der Waals surface area contributed by atoms with E-state index in [0.717, 1.165) is 12.1 Å². The van der Waals surface area contributed by atoms with Crippen LogP contribution in [0, 0.1) is 0 Å². The highest BCUT2D eigenvalue weighted by Crippen LogP contribution is 2.41. The maximum absolute atomic E-state index is 13.3. The lowest BCUT2D eigenvalue weighted by molar-refractivity contribution is -0.266. The fourth-order valence-electron chi connectivity index (χ4n) is 2.22. The molecule has 0 spiro atoms. The van der Waals surface area contributed by atoms with Gasteiger partial charge < -0.3 is 18.9 Å². The molecule has 0 aromatic heterocycles. The monoisotopic (exact) mass is 614 g/mol. The van der Waals surface area contributed by atoms with Crippen molar-refractivity contribution < 1.29 is 36.5 Å². The first-order valence-electron chi connectivity index (χ1n) is 9.01. The average Bonchev–Trinajstić information content (AvgIpc) is 2.68. The van der Waals surface area contributed by atoms with E-state index >= 15 is 0 Å². The predicted octanol–water partition coefficient (Wildman–Crippen LogP) is 8.50. The Kier molecular flexibility index (Phi) is 10.6. The second-order valence-corrected chi connectivity index (χ2v) is 8.98. The van der Waals surface area contributed by atoms with Crippen molar-refractivity contribution in [1.29, 1.82) is 0 Å². The first kappa shape index (κ1) is 28.0. The first-order chi connectivity index (χ1) is 15.4.